The molecule has 2 aliphatic rings. The normalized spacial score (nSPS) is 22.8. The van der Waals surface area contributed by atoms with Crippen molar-refractivity contribution in [2.45, 2.75) is 38.5 Å². The lowest BCUT2D eigenvalue weighted by Gasteiger charge is -2.20. The van der Waals surface area contributed by atoms with Gasteiger partial charge < -0.3 is 9.47 Å². The smallest absolute Gasteiger partial charge is 0.252 e. The summed E-state index contributed by atoms with van der Waals surface area (Å²) in [5.74, 6) is -2.17. The molecule has 1 fully saturated rings. The Morgan fingerprint density at radius 1 is 1.23 bits per heavy atom. The SMILES string of the molecule is FC1(F)CC1CN1CCCn2nc(COc3ccccc3)cc2COC1. The van der Waals surface area contributed by atoms with E-state index in [-0.39, 0.29) is 6.42 Å². The number of benzene rings is 1. The maximum absolute atomic E-state index is 13.1. The van der Waals surface area contributed by atoms with E-state index in [0.29, 0.717) is 26.5 Å². The highest BCUT2D eigenvalue weighted by atomic mass is 19.3. The molecule has 140 valence electrons. The lowest BCUT2D eigenvalue weighted by Crippen LogP contribution is -2.30. The van der Waals surface area contributed by atoms with Crippen LogP contribution in [0, 0.1) is 5.92 Å². The van der Waals surface area contributed by atoms with Gasteiger partial charge in [0.1, 0.15) is 18.1 Å². The fourth-order valence-corrected chi connectivity index (χ4v) is 3.28. The van der Waals surface area contributed by atoms with Gasteiger partial charge in [-0.1, -0.05) is 18.2 Å². The number of rotatable bonds is 5. The number of ether oxygens (including phenoxy) is 2. The zero-order chi connectivity index (χ0) is 18.0. The molecule has 0 saturated heterocycles. The summed E-state index contributed by atoms with van der Waals surface area (Å²) in [5, 5.41) is 4.60. The molecule has 1 aromatic heterocycles. The average molecular weight is 363 g/mol. The maximum atomic E-state index is 13.1. The second kappa shape index (κ2) is 7.32. The van der Waals surface area contributed by atoms with Gasteiger partial charge in [0.15, 0.2) is 0 Å². The van der Waals surface area contributed by atoms with Gasteiger partial charge in [0.2, 0.25) is 0 Å². The molecule has 5 nitrogen and oxygen atoms in total. The Morgan fingerprint density at radius 3 is 2.81 bits per heavy atom. The van der Waals surface area contributed by atoms with Crippen LogP contribution in [0.4, 0.5) is 8.78 Å². The molecule has 0 amide bonds. The molecule has 0 N–H and O–H groups in total. The summed E-state index contributed by atoms with van der Waals surface area (Å²) in [4.78, 5) is 1.98. The minimum Gasteiger partial charge on any atom is -0.487 e. The molecule has 0 bridgehead atoms. The average Bonchev–Trinajstić information content (AvgIpc) is 3.03. The molecule has 0 radical (unpaired) electrons. The lowest BCUT2D eigenvalue weighted by atomic mass is 10.3. The van der Waals surface area contributed by atoms with E-state index in [2.05, 4.69) is 5.10 Å². The molecule has 1 aromatic carbocycles. The highest BCUT2D eigenvalue weighted by Gasteiger charge is 2.56. The molecule has 26 heavy (non-hydrogen) atoms. The number of hydrogen-bond donors (Lipinski definition) is 0. The van der Waals surface area contributed by atoms with Gasteiger partial charge in [-0.25, -0.2) is 8.78 Å². The van der Waals surface area contributed by atoms with Crippen molar-refractivity contribution in [3.05, 3.63) is 47.8 Å². The molecule has 4 rings (SSSR count). The van der Waals surface area contributed by atoms with Crippen molar-refractivity contribution in [3.8, 4) is 5.75 Å². The molecule has 2 aromatic rings. The van der Waals surface area contributed by atoms with E-state index in [1.54, 1.807) is 0 Å². The van der Waals surface area contributed by atoms with Crippen molar-refractivity contribution < 1.29 is 18.3 Å². The van der Waals surface area contributed by atoms with Crippen molar-refractivity contribution in [2.75, 3.05) is 19.8 Å². The largest absolute Gasteiger partial charge is 0.487 e. The summed E-state index contributed by atoms with van der Waals surface area (Å²) in [6, 6.07) is 11.6. The monoisotopic (exact) mass is 363 g/mol. The van der Waals surface area contributed by atoms with Crippen LogP contribution in [-0.4, -0.2) is 40.4 Å². The second-order valence-electron chi connectivity index (χ2n) is 7.02. The van der Waals surface area contributed by atoms with Crippen LogP contribution in [0.5, 0.6) is 5.75 Å². The molecule has 1 aliphatic heterocycles. The van der Waals surface area contributed by atoms with Crippen molar-refractivity contribution in [2.24, 2.45) is 5.92 Å². The Morgan fingerprint density at radius 2 is 2.04 bits per heavy atom. The Hall–Kier alpha value is -1.99. The molecule has 1 aliphatic carbocycles. The molecule has 1 unspecified atom stereocenters. The van der Waals surface area contributed by atoms with Gasteiger partial charge in [0.25, 0.3) is 5.92 Å². The van der Waals surface area contributed by atoms with Gasteiger partial charge in [-0.3, -0.25) is 9.58 Å². The van der Waals surface area contributed by atoms with Crippen LogP contribution in [0.25, 0.3) is 0 Å². The first-order valence-electron chi connectivity index (χ1n) is 9.01. The minimum atomic E-state index is -2.47. The van der Waals surface area contributed by atoms with Gasteiger partial charge in [-0.05, 0) is 24.6 Å². The summed E-state index contributed by atoms with van der Waals surface area (Å²) < 4.78 is 39.7. The van der Waals surface area contributed by atoms with Crippen molar-refractivity contribution in [1.29, 1.82) is 0 Å². The number of aryl methyl sites for hydroxylation is 1. The van der Waals surface area contributed by atoms with E-state index in [4.69, 9.17) is 9.47 Å². The fraction of sp³-hybridized carbons (Fsp3) is 0.526. The molecular weight excluding hydrogens is 340 g/mol. The van der Waals surface area contributed by atoms with Crippen LogP contribution in [0.3, 0.4) is 0 Å². The first-order chi connectivity index (χ1) is 12.6. The third-order valence-corrected chi connectivity index (χ3v) is 4.85. The van der Waals surface area contributed by atoms with Crippen LogP contribution in [0.2, 0.25) is 0 Å². The number of alkyl halides is 2. The lowest BCUT2D eigenvalue weighted by molar-refractivity contribution is 0.00753. The highest BCUT2D eigenvalue weighted by Crippen LogP contribution is 2.48. The number of fused-ring (bicyclic) bond motifs is 1. The summed E-state index contributed by atoms with van der Waals surface area (Å²) >= 11 is 0. The summed E-state index contributed by atoms with van der Waals surface area (Å²) in [6.07, 6.45) is 0.866. The predicted octanol–water partition coefficient (Wildman–Crippen LogP) is 3.30. The number of hydrogen-bond acceptors (Lipinski definition) is 4. The third-order valence-electron chi connectivity index (χ3n) is 4.85. The van der Waals surface area contributed by atoms with Gasteiger partial charge >= 0.3 is 0 Å². The molecular formula is C19H23F2N3O2. The number of halogens is 2. The van der Waals surface area contributed by atoms with Gasteiger partial charge in [0.05, 0.1) is 19.0 Å². The standard InChI is InChI=1S/C19H23F2N3O2/c20-19(21)10-15(19)11-23-7-4-8-24-17(13-25-14-23)9-16(22-24)12-26-18-5-2-1-3-6-18/h1-3,5-6,9,15H,4,7-8,10-14H2. The van der Waals surface area contributed by atoms with Crippen LogP contribution in [0.1, 0.15) is 24.2 Å². The number of para-hydroxylation sites is 1. The van der Waals surface area contributed by atoms with Crippen molar-refractivity contribution >= 4 is 0 Å². The van der Waals surface area contributed by atoms with E-state index in [1.165, 1.54) is 0 Å². The van der Waals surface area contributed by atoms with Gasteiger partial charge in [-0.15, -0.1) is 0 Å². The topological polar surface area (TPSA) is 39.5 Å². The van der Waals surface area contributed by atoms with Gasteiger partial charge in [-0.2, -0.15) is 5.10 Å². The maximum Gasteiger partial charge on any atom is 0.252 e. The summed E-state index contributed by atoms with van der Waals surface area (Å²) in [5.41, 5.74) is 1.86. The van der Waals surface area contributed by atoms with Gasteiger partial charge in [0, 0.05) is 32.0 Å². The zero-order valence-corrected chi connectivity index (χ0v) is 14.6. The summed E-state index contributed by atoms with van der Waals surface area (Å²) in [6.45, 7) is 3.12. The fourth-order valence-electron chi connectivity index (χ4n) is 3.28. The van der Waals surface area contributed by atoms with E-state index in [9.17, 15) is 8.78 Å². The Bertz CT molecular complexity index is 708. The van der Waals surface area contributed by atoms with Crippen molar-refractivity contribution in [1.82, 2.24) is 14.7 Å². The molecule has 1 atom stereocenters. The predicted molar refractivity (Wildman–Crippen MR) is 91.9 cm³/mol. The van der Waals surface area contributed by atoms with Crippen LogP contribution in [-0.2, 0) is 24.5 Å². The molecule has 1 saturated carbocycles. The van der Waals surface area contributed by atoms with Crippen LogP contribution < -0.4 is 4.74 Å². The molecule has 2 heterocycles. The van der Waals surface area contributed by atoms with E-state index in [1.807, 2.05) is 46.0 Å². The molecule has 0 spiro atoms. The Labute approximate surface area is 151 Å². The second-order valence-corrected chi connectivity index (χ2v) is 7.02. The Balaban J connectivity index is 1.32. The zero-order valence-electron chi connectivity index (χ0n) is 14.6. The summed E-state index contributed by atoms with van der Waals surface area (Å²) in [7, 11) is 0. The minimum absolute atomic E-state index is 0.00977. The van der Waals surface area contributed by atoms with E-state index < -0.39 is 11.8 Å². The van der Waals surface area contributed by atoms with Crippen LogP contribution >= 0.6 is 0 Å². The Kier molecular flexibility index (Phi) is 4.91. The first-order valence-corrected chi connectivity index (χ1v) is 9.01. The van der Waals surface area contributed by atoms with E-state index >= 15 is 0 Å². The number of aromatic nitrogens is 2. The van der Waals surface area contributed by atoms with Crippen LogP contribution in [0.15, 0.2) is 36.4 Å². The quantitative estimate of drug-likeness (QED) is 0.817. The molecule has 7 heteroatoms. The van der Waals surface area contributed by atoms with Crippen molar-refractivity contribution in [3.63, 3.8) is 0 Å². The first kappa shape index (κ1) is 17.4. The van der Waals surface area contributed by atoms with E-state index in [0.717, 1.165) is 36.6 Å². The highest BCUT2D eigenvalue weighted by molar-refractivity contribution is 5.21. The third kappa shape index (κ3) is 4.22. The number of nitrogens with zero attached hydrogens (tertiary/aromatic N) is 3.